The van der Waals surface area contributed by atoms with Crippen LogP contribution in [-0.4, -0.2) is 28.8 Å². The molecular weight excluding hydrogens is 314 g/mol. The summed E-state index contributed by atoms with van der Waals surface area (Å²) in [5, 5.41) is 20.5. The van der Waals surface area contributed by atoms with E-state index in [9.17, 15) is 9.90 Å². The molecule has 0 saturated carbocycles. The number of amides is 1. The number of aliphatic hydroxyl groups is 1. The van der Waals surface area contributed by atoms with E-state index in [0.717, 1.165) is 33.3 Å². The van der Waals surface area contributed by atoms with Crippen molar-refractivity contribution in [2.24, 2.45) is 0 Å². The van der Waals surface area contributed by atoms with Crippen molar-refractivity contribution in [2.75, 3.05) is 11.9 Å². The molecule has 0 aliphatic heterocycles. The van der Waals surface area contributed by atoms with Gasteiger partial charge in [0.25, 0.3) is 0 Å². The topological polar surface area (TPSA) is 89.0 Å². The fourth-order valence-corrected chi connectivity index (χ4v) is 2.88. The number of hydrogen-bond acceptors (Lipinski definition) is 3. The second kappa shape index (κ2) is 7.15. The Bertz CT molecular complexity index is 957. The summed E-state index contributed by atoms with van der Waals surface area (Å²) >= 11 is 0. The molecule has 1 amide bonds. The van der Waals surface area contributed by atoms with Gasteiger partial charge in [0.1, 0.15) is 0 Å². The van der Waals surface area contributed by atoms with Crippen molar-refractivity contribution in [2.45, 2.75) is 6.42 Å². The smallest absolute Gasteiger partial charge is 0.247 e. The SMILES string of the molecule is C=CC(=O)Nc1cccc(-c2ccc(C=N)c3[nH]c(CCO)cc23)c1. The number of aliphatic hydroxyl groups excluding tert-OH is 1. The van der Waals surface area contributed by atoms with Gasteiger partial charge < -0.3 is 20.8 Å². The van der Waals surface area contributed by atoms with E-state index in [4.69, 9.17) is 5.41 Å². The molecular formula is C20H19N3O2. The molecule has 0 bridgehead atoms. The van der Waals surface area contributed by atoms with Crippen LogP contribution in [0.2, 0.25) is 0 Å². The van der Waals surface area contributed by atoms with E-state index in [1.807, 2.05) is 42.5 Å². The quantitative estimate of drug-likeness (QED) is 0.411. The largest absolute Gasteiger partial charge is 0.396 e. The van der Waals surface area contributed by atoms with Crippen LogP contribution in [0.25, 0.3) is 22.0 Å². The van der Waals surface area contributed by atoms with Crippen LogP contribution in [0.1, 0.15) is 11.3 Å². The zero-order valence-electron chi connectivity index (χ0n) is 13.7. The van der Waals surface area contributed by atoms with Gasteiger partial charge in [-0.05, 0) is 35.4 Å². The Labute approximate surface area is 145 Å². The number of aromatic nitrogens is 1. The van der Waals surface area contributed by atoms with E-state index in [1.54, 1.807) is 0 Å². The summed E-state index contributed by atoms with van der Waals surface area (Å²) in [7, 11) is 0. The van der Waals surface area contributed by atoms with E-state index in [0.29, 0.717) is 12.1 Å². The Morgan fingerprint density at radius 1 is 1.28 bits per heavy atom. The number of carbonyl (C=O) groups excluding carboxylic acids is 1. The molecule has 2 aromatic carbocycles. The Kier molecular flexibility index (Phi) is 4.77. The van der Waals surface area contributed by atoms with Gasteiger partial charge in [-0.1, -0.05) is 30.8 Å². The number of nitrogens with one attached hydrogen (secondary N) is 3. The van der Waals surface area contributed by atoms with Crippen LogP contribution in [-0.2, 0) is 11.2 Å². The molecule has 3 rings (SSSR count). The third-order valence-electron chi connectivity index (χ3n) is 4.05. The lowest BCUT2D eigenvalue weighted by molar-refractivity contribution is -0.111. The number of benzene rings is 2. The summed E-state index contributed by atoms with van der Waals surface area (Å²) in [5.41, 5.74) is 5.23. The predicted molar refractivity (Wildman–Crippen MR) is 101 cm³/mol. The molecule has 0 unspecified atom stereocenters. The number of H-pyrrole nitrogens is 1. The average Bonchev–Trinajstić information content (AvgIpc) is 3.05. The van der Waals surface area contributed by atoms with E-state index in [2.05, 4.69) is 16.9 Å². The molecule has 1 heterocycles. The van der Waals surface area contributed by atoms with Crippen LogP contribution in [0.5, 0.6) is 0 Å². The molecule has 0 aliphatic carbocycles. The molecule has 5 nitrogen and oxygen atoms in total. The number of carbonyl (C=O) groups is 1. The van der Waals surface area contributed by atoms with Crippen molar-refractivity contribution in [3.8, 4) is 11.1 Å². The monoisotopic (exact) mass is 333 g/mol. The highest BCUT2D eigenvalue weighted by molar-refractivity contribution is 6.05. The first-order valence-electron chi connectivity index (χ1n) is 7.96. The lowest BCUT2D eigenvalue weighted by Gasteiger charge is -2.08. The molecule has 0 radical (unpaired) electrons. The number of rotatable bonds is 6. The highest BCUT2D eigenvalue weighted by Gasteiger charge is 2.11. The van der Waals surface area contributed by atoms with Crippen molar-refractivity contribution >= 4 is 28.7 Å². The lowest BCUT2D eigenvalue weighted by atomic mass is 9.99. The fourth-order valence-electron chi connectivity index (χ4n) is 2.88. The number of anilines is 1. The van der Waals surface area contributed by atoms with Gasteiger partial charge in [-0.2, -0.15) is 0 Å². The Hall–Kier alpha value is -3.18. The molecule has 0 fully saturated rings. The van der Waals surface area contributed by atoms with E-state index in [-0.39, 0.29) is 12.5 Å². The third kappa shape index (κ3) is 3.36. The van der Waals surface area contributed by atoms with Gasteiger partial charge in [0.2, 0.25) is 5.91 Å². The van der Waals surface area contributed by atoms with Gasteiger partial charge >= 0.3 is 0 Å². The van der Waals surface area contributed by atoms with Crippen LogP contribution in [0.3, 0.4) is 0 Å². The molecule has 25 heavy (non-hydrogen) atoms. The molecule has 5 heteroatoms. The molecule has 0 saturated heterocycles. The maximum absolute atomic E-state index is 11.5. The van der Waals surface area contributed by atoms with Crippen LogP contribution < -0.4 is 5.32 Å². The lowest BCUT2D eigenvalue weighted by Crippen LogP contribution is -2.06. The van der Waals surface area contributed by atoms with E-state index >= 15 is 0 Å². The molecule has 3 aromatic rings. The first-order chi connectivity index (χ1) is 12.2. The van der Waals surface area contributed by atoms with Crippen LogP contribution in [0.15, 0.2) is 55.1 Å². The van der Waals surface area contributed by atoms with Crippen LogP contribution in [0, 0.1) is 5.41 Å². The predicted octanol–water partition coefficient (Wildman–Crippen LogP) is 3.49. The third-order valence-corrected chi connectivity index (χ3v) is 4.05. The highest BCUT2D eigenvalue weighted by atomic mass is 16.3. The molecule has 0 atom stereocenters. The van der Waals surface area contributed by atoms with E-state index < -0.39 is 0 Å². The number of hydrogen-bond donors (Lipinski definition) is 4. The highest BCUT2D eigenvalue weighted by Crippen LogP contribution is 2.32. The standard InChI is InChI=1S/C20H19N3O2/c1-2-19(25)22-15-5-3-4-13(10-15)17-7-6-14(12-21)20-18(17)11-16(23-20)8-9-24/h2-7,10-12,21,23-24H,1,8-9H2,(H,22,25). The maximum atomic E-state index is 11.5. The molecule has 126 valence electrons. The van der Waals surface area contributed by atoms with Gasteiger partial charge in [0.15, 0.2) is 0 Å². The number of fused-ring (bicyclic) bond motifs is 1. The normalized spacial score (nSPS) is 10.6. The first kappa shape index (κ1) is 16.7. The van der Waals surface area contributed by atoms with Gasteiger partial charge in [-0.3, -0.25) is 4.79 Å². The number of aromatic amines is 1. The summed E-state index contributed by atoms with van der Waals surface area (Å²) in [4.78, 5) is 14.8. The summed E-state index contributed by atoms with van der Waals surface area (Å²) in [5.74, 6) is -0.256. The van der Waals surface area contributed by atoms with Gasteiger partial charge in [-0.15, -0.1) is 0 Å². The van der Waals surface area contributed by atoms with Gasteiger partial charge in [-0.25, -0.2) is 0 Å². The Balaban J connectivity index is 2.12. The zero-order chi connectivity index (χ0) is 17.8. The fraction of sp³-hybridized carbons (Fsp3) is 0.100. The molecule has 1 aromatic heterocycles. The minimum Gasteiger partial charge on any atom is -0.396 e. The minimum atomic E-state index is -0.256. The average molecular weight is 333 g/mol. The van der Waals surface area contributed by atoms with Crippen LogP contribution in [0.4, 0.5) is 5.69 Å². The van der Waals surface area contributed by atoms with Crippen molar-refractivity contribution in [3.63, 3.8) is 0 Å². The summed E-state index contributed by atoms with van der Waals surface area (Å²) in [6, 6.07) is 13.4. The molecule has 0 aliphatic rings. The van der Waals surface area contributed by atoms with Crippen molar-refractivity contribution in [3.05, 3.63) is 66.4 Å². The second-order valence-corrected chi connectivity index (χ2v) is 5.68. The van der Waals surface area contributed by atoms with E-state index in [1.165, 1.54) is 12.3 Å². The first-order valence-corrected chi connectivity index (χ1v) is 7.96. The van der Waals surface area contributed by atoms with Crippen LogP contribution >= 0.6 is 0 Å². The molecule has 4 N–H and O–H groups in total. The second-order valence-electron chi connectivity index (χ2n) is 5.68. The summed E-state index contributed by atoms with van der Waals surface area (Å²) < 4.78 is 0. The zero-order valence-corrected chi connectivity index (χ0v) is 13.7. The maximum Gasteiger partial charge on any atom is 0.247 e. The van der Waals surface area contributed by atoms with Crippen molar-refractivity contribution in [1.82, 2.24) is 4.98 Å². The molecule has 0 spiro atoms. The minimum absolute atomic E-state index is 0.0607. The summed E-state index contributed by atoms with van der Waals surface area (Å²) in [6.45, 7) is 3.52. The van der Waals surface area contributed by atoms with Crippen molar-refractivity contribution in [1.29, 1.82) is 5.41 Å². The Morgan fingerprint density at radius 3 is 2.84 bits per heavy atom. The van der Waals surface area contributed by atoms with Gasteiger partial charge in [0.05, 0.1) is 5.52 Å². The summed E-state index contributed by atoms with van der Waals surface area (Å²) in [6.07, 6.45) is 3.07. The van der Waals surface area contributed by atoms with Crippen molar-refractivity contribution < 1.29 is 9.90 Å². The van der Waals surface area contributed by atoms with Gasteiger partial charge in [0, 0.05) is 41.6 Å². The Morgan fingerprint density at radius 2 is 2.12 bits per heavy atom.